The fraction of sp³-hybridized carbons (Fsp3) is 0.455. The van der Waals surface area contributed by atoms with Crippen LogP contribution in [0.5, 0.6) is 0 Å². The second kappa shape index (κ2) is 8.80. The van der Waals surface area contributed by atoms with Crippen molar-refractivity contribution < 1.29 is 62.0 Å². The number of phosphoric acid groups is 3. The molecule has 2 heterocycles. The minimum absolute atomic E-state index is 0.237. The number of aliphatic hydroxyl groups is 1. The van der Waals surface area contributed by atoms with Gasteiger partial charge in [-0.3, -0.25) is 18.9 Å². The molecule has 16 nitrogen and oxygen atoms in total. The average Bonchev–Trinajstić information content (AvgIpc) is 2.80. The molecule has 6 N–H and O–H groups in total. The zero-order valence-electron chi connectivity index (χ0n) is 15.7. The number of nitrogens with zero attached hydrogens (tertiary/aromatic N) is 1. The van der Waals surface area contributed by atoms with E-state index in [2.05, 4.69) is 17.9 Å². The predicted molar refractivity (Wildman–Crippen MR) is 93.7 cm³/mol. The molecule has 0 amide bonds. The number of hydrogen-bond acceptors (Lipinski definition) is 10. The summed E-state index contributed by atoms with van der Waals surface area (Å²) in [7, 11) is -17.3. The fourth-order valence-corrected chi connectivity index (χ4v) is 5.24. The number of rotatable bonds is 8. The fourth-order valence-electron chi connectivity index (χ4n) is 2.19. The van der Waals surface area contributed by atoms with Crippen LogP contribution in [0.4, 0.5) is 4.39 Å². The molecule has 2 unspecified atom stereocenters. The summed E-state index contributed by atoms with van der Waals surface area (Å²) in [5, 5.41) is 10.1. The van der Waals surface area contributed by atoms with E-state index in [9.17, 15) is 37.7 Å². The summed E-state index contributed by atoms with van der Waals surface area (Å²) < 4.78 is 72.4. The molecule has 20 heteroatoms. The van der Waals surface area contributed by atoms with Crippen LogP contribution < -0.4 is 11.2 Å². The number of hydrogen-bond donors (Lipinski definition) is 6. The van der Waals surface area contributed by atoms with Crippen LogP contribution in [0.3, 0.4) is 0 Å². The lowest BCUT2D eigenvalue weighted by Gasteiger charge is -2.22. The van der Waals surface area contributed by atoms with Gasteiger partial charge in [-0.25, -0.2) is 22.9 Å². The Balaban J connectivity index is 2.22. The highest BCUT2D eigenvalue weighted by atomic mass is 31.3. The number of halogens is 1. The smallest absolute Gasteiger partial charge is 0.388 e. The summed E-state index contributed by atoms with van der Waals surface area (Å²) in [4.78, 5) is 60.5. The molecule has 174 valence electrons. The van der Waals surface area contributed by atoms with Gasteiger partial charge in [-0.2, -0.15) is 8.62 Å². The summed E-state index contributed by atoms with van der Waals surface area (Å²) in [5.74, 6) is -1.42. The first-order chi connectivity index (χ1) is 14.3. The van der Waals surface area contributed by atoms with E-state index < -0.39 is 71.5 Å². The summed E-state index contributed by atoms with van der Waals surface area (Å²) >= 11 is 0. The summed E-state index contributed by atoms with van der Waals surface area (Å²) in [6.07, 6.45) is -0.587. The number of aliphatic hydroxyl groups excluding tert-OH is 1. The van der Waals surface area contributed by atoms with Gasteiger partial charge in [-0.05, 0) is 0 Å². The van der Waals surface area contributed by atoms with E-state index in [4.69, 9.17) is 22.5 Å². The zero-order chi connectivity index (χ0) is 24.8. The average molecular weight is 511 g/mol. The van der Waals surface area contributed by atoms with E-state index in [-0.39, 0.29) is 4.57 Å². The Kier molecular flexibility index (Phi) is 6.85. The number of nitrogens with one attached hydrogen (secondary N) is 1. The van der Waals surface area contributed by atoms with E-state index in [0.29, 0.717) is 6.20 Å². The second-order valence-corrected chi connectivity index (χ2v) is 10.1. The van der Waals surface area contributed by atoms with Gasteiger partial charge in [0.25, 0.3) is 5.56 Å². The summed E-state index contributed by atoms with van der Waals surface area (Å²) in [5.41, 5.74) is -2.85. The number of H-pyrrole nitrogens is 1. The van der Waals surface area contributed by atoms with Crippen LogP contribution in [-0.2, 0) is 31.6 Å². The maximum atomic E-state index is 14.9. The zero-order valence-corrected chi connectivity index (χ0v) is 17.4. The lowest BCUT2D eigenvalue weighted by atomic mass is 10.2. The first-order valence-corrected chi connectivity index (χ1v) is 12.0. The Morgan fingerprint density at radius 3 is 2.48 bits per heavy atom. The third-order valence-electron chi connectivity index (χ3n) is 3.26. The van der Waals surface area contributed by atoms with Crippen LogP contribution in [0.25, 0.3) is 0 Å². The first-order valence-electron chi connectivity index (χ1n) is 8.00. The predicted octanol–water partition coefficient (Wildman–Crippen LogP) is -1.19. The van der Waals surface area contributed by atoms with Gasteiger partial charge in [0, 0.05) is 12.6 Å². The number of aromatic amines is 1. The lowest BCUT2D eigenvalue weighted by Crippen LogP contribution is -2.37. The molecule has 0 spiro atoms. The largest absolute Gasteiger partial charge is 0.490 e. The van der Waals surface area contributed by atoms with E-state index >= 15 is 0 Å². The summed E-state index contributed by atoms with van der Waals surface area (Å²) in [6.45, 7) is -1.66. The van der Waals surface area contributed by atoms with Crippen LogP contribution in [0.15, 0.2) is 15.8 Å². The van der Waals surface area contributed by atoms with Crippen molar-refractivity contribution in [1.29, 1.82) is 0 Å². The molecule has 1 aliphatic heterocycles. The molecular weight excluding hydrogens is 496 g/mol. The maximum Gasteiger partial charge on any atom is 0.490 e. The van der Waals surface area contributed by atoms with Crippen molar-refractivity contribution in [3.63, 3.8) is 0 Å². The standard InChI is InChI=1S/C11H14FN2O14P3/c1-2-6-4-14(10(17)13-8(6)16)9-7(15)3-11(12,26-9)5-25-30(21,22)28-31(23,24)27-29(18,19)20/h1,4,7,9,15H,3,5H2,(H,21,22)(H,23,24)(H,13,16,17)(H2,18,19,20)/t7-,9-,11+/m1/s1/i9D. The Morgan fingerprint density at radius 2 is 1.94 bits per heavy atom. The lowest BCUT2D eigenvalue weighted by molar-refractivity contribution is -0.178. The van der Waals surface area contributed by atoms with E-state index in [1.807, 2.05) is 5.92 Å². The maximum absolute atomic E-state index is 14.9. The monoisotopic (exact) mass is 511 g/mol. The van der Waals surface area contributed by atoms with Crippen molar-refractivity contribution in [2.75, 3.05) is 6.61 Å². The van der Waals surface area contributed by atoms with Crippen LogP contribution >= 0.6 is 23.5 Å². The minimum Gasteiger partial charge on any atom is -0.388 e. The number of terminal acetylenes is 1. The quantitative estimate of drug-likeness (QED) is 0.178. The van der Waals surface area contributed by atoms with Crippen LogP contribution in [0.2, 0.25) is 0 Å². The molecular formula is C11H14FN2O14P3. The van der Waals surface area contributed by atoms with Gasteiger partial charge in [-0.1, -0.05) is 5.92 Å². The van der Waals surface area contributed by atoms with Gasteiger partial charge in [0.1, 0.15) is 18.3 Å². The van der Waals surface area contributed by atoms with Crippen LogP contribution in [0.1, 0.15) is 19.6 Å². The van der Waals surface area contributed by atoms with E-state index in [0.717, 1.165) is 0 Å². The molecule has 31 heavy (non-hydrogen) atoms. The van der Waals surface area contributed by atoms with Crippen molar-refractivity contribution in [3.05, 3.63) is 32.6 Å². The molecule has 1 aromatic heterocycles. The normalized spacial score (nSPS) is 30.7. The minimum atomic E-state index is -5.87. The number of ether oxygens (including phenoxy) is 1. The van der Waals surface area contributed by atoms with Crippen molar-refractivity contribution in [1.82, 2.24) is 9.55 Å². The summed E-state index contributed by atoms with van der Waals surface area (Å²) in [6, 6.07) is 0. The third kappa shape index (κ3) is 6.99. The highest BCUT2D eigenvalue weighted by Crippen LogP contribution is 2.66. The Morgan fingerprint density at radius 1 is 1.32 bits per heavy atom. The molecule has 0 bridgehead atoms. The molecule has 0 aromatic carbocycles. The van der Waals surface area contributed by atoms with Crippen LogP contribution in [0, 0.1) is 12.3 Å². The molecule has 1 aromatic rings. The van der Waals surface area contributed by atoms with Crippen molar-refractivity contribution >= 4 is 23.5 Å². The van der Waals surface area contributed by atoms with Gasteiger partial charge in [-0.15, -0.1) is 6.42 Å². The number of phosphoric ester groups is 1. The highest BCUT2D eigenvalue weighted by Gasteiger charge is 2.50. The van der Waals surface area contributed by atoms with Gasteiger partial charge in [0.15, 0.2) is 6.20 Å². The Bertz CT molecular complexity index is 1210. The molecule has 0 saturated carbocycles. The SMILES string of the molecule is [2H][C@@]1(n2cc(C#C)c(=O)[nH]c2=O)O[C@](F)(COP(=O)(O)OP(=O)(O)OP(=O)(O)O)C[C@H]1O. The van der Waals surface area contributed by atoms with Crippen molar-refractivity contribution in [2.24, 2.45) is 0 Å². The number of alkyl halides is 1. The Labute approximate surface area is 172 Å². The molecule has 1 saturated heterocycles. The molecule has 5 atom stereocenters. The third-order valence-corrected chi connectivity index (χ3v) is 7.05. The topological polar surface area (TPSA) is 244 Å². The van der Waals surface area contributed by atoms with Crippen molar-refractivity contribution in [2.45, 2.75) is 24.6 Å². The van der Waals surface area contributed by atoms with E-state index in [1.54, 1.807) is 4.98 Å². The van der Waals surface area contributed by atoms with Gasteiger partial charge in [0.05, 0.1) is 1.37 Å². The van der Waals surface area contributed by atoms with Gasteiger partial charge in [0.2, 0.25) is 5.85 Å². The first kappa shape index (κ1) is 24.1. The van der Waals surface area contributed by atoms with Gasteiger partial charge < -0.3 is 29.4 Å². The van der Waals surface area contributed by atoms with Crippen LogP contribution in [-0.4, -0.2) is 52.8 Å². The van der Waals surface area contributed by atoms with Gasteiger partial charge >= 0.3 is 29.2 Å². The molecule has 1 fully saturated rings. The molecule has 0 radical (unpaired) electrons. The molecule has 0 aliphatic carbocycles. The molecule has 1 aliphatic rings. The van der Waals surface area contributed by atoms with E-state index in [1.165, 1.54) is 0 Å². The van der Waals surface area contributed by atoms with Crippen molar-refractivity contribution in [3.8, 4) is 12.3 Å². The highest BCUT2D eigenvalue weighted by molar-refractivity contribution is 7.66. The number of aromatic nitrogens is 2. The second-order valence-electron chi connectivity index (χ2n) is 5.72. The Hall–Kier alpha value is -1.50. The molecule has 2 rings (SSSR count).